The molecule has 2 rings (SSSR count). The summed E-state index contributed by atoms with van der Waals surface area (Å²) in [5, 5.41) is 7.76. The molecule has 4 nitrogen and oxygen atoms in total. The van der Waals surface area contributed by atoms with Gasteiger partial charge in [0.25, 0.3) is 0 Å². The van der Waals surface area contributed by atoms with Crippen LogP contribution in [0, 0.1) is 3.70 Å². The molecule has 11 heavy (non-hydrogen) atoms. The van der Waals surface area contributed by atoms with E-state index in [0.717, 1.165) is 14.6 Å². The second-order valence-corrected chi connectivity index (χ2v) is 3.15. The summed E-state index contributed by atoms with van der Waals surface area (Å²) in [7, 11) is 0. The Bertz CT molecular complexity index is 394. The standard InChI is InChI=1S/C6H5IN4/c7-5-4-3(10-11-5)1-2-9-6(4)8/h1-2H,(H2,8,9)(H,10,11). The second-order valence-electron chi connectivity index (χ2n) is 2.13. The summed E-state index contributed by atoms with van der Waals surface area (Å²) in [6, 6.07) is 1.85. The lowest BCUT2D eigenvalue weighted by molar-refractivity contribution is 1.09. The molecule has 0 atom stereocenters. The number of halogens is 1. The van der Waals surface area contributed by atoms with Crippen molar-refractivity contribution in [3.8, 4) is 0 Å². The first kappa shape index (κ1) is 6.84. The molecule has 56 valence electrons. The van der Waals surface area contributed by atoms with Crippen LogP contribution >= 0.6 is 22.6 Å². The van der Waals surface area contributed by atoms with E-state index in [1.807, 2.05) is 6.07 Å². The van der Waals surface area contributed by atoms with E-state index in [1.54, 1.807) is 6.20 Å². The number of hydrogen-bond acceptors (Lipinski definition) is 3. The molecule has 0 bridgehead atoms. The Morgan fingerprint density at radius 2 is 2.36 bits per heavy atom. The van der Waals surface area contributed by atoms with E-state index >= 15 is 0 Å². The normalized spacial score (nSPS) is 10.6. The summed E-state index contributed by atoms with van der Waals surface area (Å²) in [5.74, 6) is 0.528. The third kappa shape index (κ3) is 0.953. The summed E-state index contributed by atoms with van der Waals surface area (Å²) in [4.78, 5) is 3.95. The van der Waals surface area contributed by atoms with Gasteiger partial charge >= 0.3 is 0 Å². The fourth-order valence-corrected chi connectivity index (χ4v) is 1.64. The van der Waals surface area contributed by atoms with E-state index in [-0.39, 0.29) is 0 Å². The monoisotopic (exact) mass is 260 g/mol. The Morgan fingerprint density at radius 1 is 1.55 bits per heavy atom. The van der Waals surface area contributed by atoms with E-state index < -0.39 is 0 Å². The van der Waals surface area contributed by atoms with Gasteiger partial charge in [0.1, 0.15) is 9.52 Å². The zero-order valence-electron chi connectivity index (χ0n) is 5.50. The summed E-state index contributed by atoms with van der Waals surface area (Å²) in [6.07, 6.45) is 1.66. The van der Waals surface area contributed by atoms with Gasteiger partial charge in [0, 0.05) is 6.20 Å². The lowest BCUT2D eigenvalue weighted by Gasteiger charge is -1.91. The smallest absolute Gasteiger partial charge is 0.135 e. The maximum Gasteiger partial charge on any atom is 0.135 e. The number of H-pyrrole nitrogens is 1. The van der Waals surface area contributed by atoms with Crippen LogP contribution in [0.1, 0.15) is 0 Å². The van der Waals surface area contributed by atoms with Crippen LogP contribution in [-0.4, -0.2) is 15.2 Å². The lowest BCUT2D eigenvalue weighted by Crippen LogP contribution is -1.89. The maximum absolute atomic E-state index is 5.63. The van der Waals surface area contributed by atoms with Gasteiger partial charge in [0.05, 0.1) is 10.9 Å². The maximum atomic E-state index is 5.63. The molecule has 5 heteroatoms. The third-order valence-electron chi connectivity index (χ3n) is 1.46. The number of nitrogens with two attached hydrogens (primary N) is 1. The number of nitrogen functional groups attached to an aromatic ring is 1. The average molecular weight is 260 g/mol. The fraction of sp³-hybridized carbons (Fsp3) is 0. The summed E-state index contributed by atoms with van der Waals surface area (Å²) in [5.41, 5.74) is 6.56. The highest BCUT2D eigenvalue weighted by atomic mass is 127. The van der Waals surface area contributed by atoms with Crippen molar-refractivity contribution in [2.75, 3.05) is 5.73 Å². The molecule has 0 unspecified atom stereocenters. The molecule has 0 aromatic carbocycles. The molecule has 0 saturated carbocycles. The zero-order chi connectivity index (χ0) is 7.84. The van der Waals surface area contributed by atoms with Crippen molar-refractivity contribution in [1.29, 1.82) is 0 Å². The third-order valence-corrected chi connectivity index (χ3v) is 2.24. The SMILES string of the molecule is Nc1nccc2[nH]nc(I)c12. The summed E-state index contributed by atoms with van der Waals surface area (Å²) >= 11 is 2.12. The summed E-state index contributed by atoms with van der Waals surface area (Å²) in [6.45, 7) is 0. The van der Waals surface area contributed by atoms with Crippen LogP contribution in [0.5, 0.6) is 0 Å². The van der Waals surface area contributed by atoms with Crippen LogP contribution in [0.2, 0.25) is 0 Å². The van der Waals surface area contributed by atoms with Gasteiger partial charge in [-0.3, -0.25) is 5.10 Å². The van der Waals surface area contributed by atoms with Crippen molar-refractivity contribution in [3.63, 3.8) is 0 Å². The van der Waals surface area contributed by atoms with Crippen LogP contribution in [0.25, 0.3) is 10.9 Å². The Morgan fingerprint density at radius 3 is 3.09 bits per heavy atom. The highest BCUT2D eigenvalue weighted by molar-refractivity contribution is 14.1. The van der Waals surface area contributed by atoms with Crippen molar-refractivity contribution in [1.82, 2.24) is 15.2 Å². The number of nitrogens with one attached hydrogen (secondary N) is 1. The highest BCUT2D eigenvalue weighted by Crippen LogP contribution is 2.20. The van der Waals surface area contributed by atoms with Crippen molar-refractivity contribution in [2.45, 2.75) is 0 Å². The largest absolute Gasteiger partial charge is 0.383 e. The molecule has 2 aromatic rings. The van der Waals surface area contributed by atoms with Crippen molar-refractivity contribution in [2.24, 2.45) is 0 Å². The fourth-order valence-electron chi connectivity index (χ4n) is 0.953. The number of nitrogens with zero attached hydrogens (tertiary/aromatic N) is 2. The van der Waals surface area contributed by atoms with Crippen molar-refractivity contribution >= 4 is 39.3 Å². The van der Waals surface area contributed by atoms with E-state index in [9.17, 15) is 0 Å². The number of aromatic amines is 1. The molecule has 0 aliphatic heterocycles. The minimum absolute atomic E-state index is 0.528. The first-order chi connectivity index (χ1) is 5.29. The minimum Gasteiger partial charge on any atom is -0.383 e. The molecule has 3 N–H and O–H groups in total. The minimum atomic E-state index is 0.528. The first-order valence-electron chi connectivity index (χ1n) is 3.03. The molecule has 2 aromatic heterocycles. The van der Waals surface area contributed by atoms with Crippen molar-refractivity contribution < 1.29 is 0 Å². The lowest BCUT2D eigenvalue weighted by atomic mass is 10.3. The Kier molecular flexibility index (Phi) is 1.45. The molecule has 0 fully saturated rings. The topological polar surface area (TPSA) is 67.6 Å². The van der Waals surface area contributed by atoms with Gasteiger partial charge in [-0.1, -0.05) is 0 Å². The molecule has 2 heterocycles. The van der Waals surface area contributed by atoms with E-state index in [1.165, 1.54) is 0 Å². The van der Waals surface area contributed by atoms with Gasteiger partial charge in [0.2, 0.25) is 0 Å². The number of pyridine rings is 1. The van der Waals surface area contributed by atoms with Crippen LogP contribution in [0.3, 0.4) is 0 Å². The van der Waals surface area contributed by atoms with E-state index in [0.29, 0.717) is 5.82 Å². The van der Waals surface area contributed by atoms with Gasteiger partial charge in [-0.15, -0.1) is 0 Å². The molecule has 0 aliphatic rings. The molecule has 0 radical (unpaired) electrons. The average Bonchev–Trinajstić information content (AvgIpc) is 2.34. The first-order valence-corrected chi connectivity index (χ1v) is 4.11. The molecular formula is C6H5IN4. The second kappa shape index (κ2) is 2.33. The Hall–Kier alpha value is -0.850. The molecule has 0 amide bonds. The van der Waals surface area contributed by atoms with Crippen LogP contribution in [-0.2, 0) is 0 Å². The number of anilines is 1. The zero-order valence-corrected chi connectivity index (χ0v) is 7.66. The van der Waals surface area contributed by atoms with Gasteiger partial charge in [-0.05, 0) is 28.7 Å². The van der Waals surface area contributed by atoms with Crippen LogP contribution in [0.4, 0.5) is 5.82 Å². The number of fused-ring (bicyclic) bond motifs is 1. The molecule has 0 spiro atoms. The van der Waals surface area contributed by atoms with E-state index in [4.69, 9.17) is 5.73 Å². The van der Waals surface area contributed by atoms with Crippen LogP contribution < -0.4 is 5.73 Å². The van der Waals surface area contributed by atoms with Gasteiger partial charge in [0.15, 0.2) is 0 Å². The molecule has 0 saturated heterocycles. The predicted molar refractivity (Wildman–Crippen MR) is 51.0 cm³/mol. The number of hydrogen-bond donors (Lipinski definition) is 2. The molecule has 0 aliphatic carbocycles. The molecular weight excluding hydrogens is 255 g/mol. The van der Waals surface area contributed by atoms with Crippen LogP contribution in [0.15, 0.2) is 12.3 Å². The van der Waals surface area contributed by atoms with Gasteiger partial charge in [-0.2, -0.15) is 5.10 Å². The van der Waals surface area contributed by atoms with Crippen molar-refractivity contribution in [3.05, 3.63) is 16.0 Å². The quantitative estimate of drug-likeness (QED) is 0.698. The number of rotatable bonds is 0. The number of aromatic nitrogens is 3. The van der Waals surface area contributed by atoms with E-state index in [2.05, 4.69) is 37.8 Å². The summed E-state index contributed by atoms with van der Waals surface area (Å²) < 4.78 is 0.864. The Labute approximate surface area is 76.3 Å². The van der Waals surface area contributed by atoms with Gasteiger partial charge in [-0.25, -0.2) is 4.98 Å². The Balaban J connectivity index is 2.96. The highest BCUT2D eigenvalue weighted by Gasteiger charge is 2.04. The predicted octanol–water partition coefficient (Wildman–Crippen LogP) is 1.14. The van der Waals surface area contributed by atoms with Gasteiger partial charge < -0.3 is 5.73 Å².